The van der Waals surface area contributed by atoms with Gasteiger partial charge in [-0.1, -0.05) is 12.1 Å². The first-order valence-electron chi connectivity index (χ1n) is 9.68. The predicted octanol–water partition coefficient (Wildman–Crippen LogP) is 3.59. The minimum absolute atomic E-state index is 0.538. The van der Waals surface area contributed by atoms with Crippen LogP contribution in [0.25, 0.3) is 16.9 Å². The van der Waals surface area contributed by atoms with E-state index in [1.54, 1.807) is 24.5 Å². The summed E-state index contributed by atoms with van der Waals surface area (Å²) in [5.41, 5.74) is 3.13. The highest BCUT2D eigenvalue weighted by Gasteiger charge is 2.09. The van der Waals surface area contributed by atoms with Gasteiger partial charge in [0.05, 0.1) is 17.9 Å². The summed E-state index contributed by atoms with van der Waals surface area (Å²) < 4.78 is 7.52. The van der Waals surface area contributed by atoms with Crippen LogP contribution in [0.2, 0.25) is 0 Å². The lowest BCUT2D eigenvalue weighted by molar-refractivity contribution is 0.340. The fourth-order valence-corrected chi connectivity index (χ4v) is 3.04. The summed E-state index contributed by atoms with van der Waals surface area (Å²) in [6.07, 6.45) is 5.17. The number of hydrogen-bond acceptors (Lipinski definition) is 7. The zero-order chi connectivity index (χ0) is 20.8. The maximum absolute atomic E-state index is 8.84. The van der Waals surface area contributed by atoms with Crippen LogP contribution >= 0.6 is 0 Å². The topological polar surface area (TPSA) is 100 Å². The van der Waals surface area contributed by atoms with Gasteiger partial charge < -0.3 is 15.4 Å². The Morgan fingerprint density at radius 1 is 1.10 bits per heavy atom. The molecule has 0 bridgehead atoms. The Morgan fingerprint density at radius 3 is 2.80 bits per heavy atom. The summed E-state index contributed by atoms with van der Waals surface area (Å²) in [4.78, 5) is 13.4. The fourth-order valence-electron chi connectivity index (χ4n) is 3.04. The minimum atomic E-state index is 0.538. The third-order valence-corrected chi connectivity index (χ3v) is 4.44. The molecule has 0 aliphatic carbocycles. The summed E-state index contributed by atoms with van der Waals surface area (Å²) in [7, 11) is 0. The van der Waals surface area contributed by atoms with Crippen LogP contribution < -0.4 is 15.4 Å². The van der Waals surface area contributed by atoms with Crippen molar-refractivity contribution in [1.29, 1.82) is 5.26 Å². The Morgan fingerprint density at radius 2 is 2.00 bits per heavy atom. The lowest BCUT2D eigenvalue weighted by Gasteiger charge is -2.12. The third-order valence-electron chi connectivity index (χ3n) is 4.44. The van der Waals surface area contributed by atoms with Crippen molar-refractivity contribution in [3.63, 3.8) is 0 Å². The molecule has 4 rings (SSSR count). The van der Waals surface area contributed by atoms with Crippen LogP contribution in [-0.2, 0) is 0 Å². The SMILES string of the molecule is CCOc1cccc(-c2cc3nccn3c(NCCNc3ccc(C#N)cn3)n2)c1. The van der Waals surface area contributed by atoms with Crippen molar-refractivity contribution >= 4 is 17.4 Å². The Labute approximate surface area is 174 Å². The smallest absolute Gasteiger partial charge is 0.209 e. The number of ether oxygens (including phenoxy) is 1. The van der Waals surface area contributed by atoms with Gasteiger partial charge in [-0.3, -0.25) is 4.40 Å². The Kier molecular flexibility index (Phi) is 5.71. The van der Waals surface area contributed by atoms with Crippen LogP contribution in [-0.4, -0.2) is 39.0 Å². The second-order valence-electron chi connectivity index (χ2n) is 6.48. The maximum atomic E-state index is 8.84. The van der Waals surface area contributed by atoms with Crippen LogP contribution in [0.1, 0.15) is 12.5 Å². The normalized spacial score (nSPS) is 10.5. The summed E-state index contributed by atoms with van der Waals surface area (Å²) >= 11 is 0. The van der Waals surface area contributed by atoms with Gasteiger partial charge in [0, 0.05) is 43.3 Å². The van der Waals surface area contributed by atoms with Crippen molar-refractivity contribution in [3.8, 4) is 23.1 Å². The molecule has 0 spiro atoms. The molecule has 1 aromatic carbocycles. The van der Waals surface area contributed by atoms with Gasteiger partial charge in [0.2, 0.25) is 5.95 Å². The molecule has 3 aromatic heterocycles. The molecule has 8 nitrogen and oxygen atoms in total. The van der Waals surface area contributed by atoms with Gasteiger partial charge in [-0.05, 0) is 31.2 Å². The van der Waals surface area contributed by atoms with Crippen molar-refractivity contribution < 1.29 is 4.74 Å². The van der Waals surface area contributed by atoms with Crippen molar-refractivity contribution in [1.82, 2.24) is 19.4 Å². The zero-order valence-corrected chi connectivity index (χ0v) is 16.5. The van der Waals surface area contributed by atoms with Gasteiger partial charge in [-0.15, -0.1) is 0 Å². The molecule has 2 N–H and O–H groups in total. The first-order valence-corrected chi connectivity index (χ1v) is 9.68. The highest BCUT2D eigenvalue weighted by atomic mass is 16.5. The molecule has 3 heterocycles. The van der Waals surface area contributed by atoms with E-state index in [1.807, 2.05) is 47.9 Å². The number of hydrogen-bond donors (Lipinski definition) is 2. The number of aromatic nitrogens is 4. The second kappa shape index (κ2) is 8.92. The highest BCUT2D eigenvalue weighted by molar-refractivity contribution is 5.67. The number of pyridine rings is 1. The van der Waals surface area contributed by atoms with E-state index in [4.69, 9.17) is 15.0 Å². The number of imidazole rings is 1. The predicted molar refractivity (Wildman–Crippen MR) is 116 cm³/mol. The largest absolute Gasteiger partial charge is 0.494 e. The maximum Gasteiger partial charge on any atom is 0.209 e. The fraction of sp³-hybridized carbons (Fsp3) is 0.182. The summed E-state index contributed by atoms with van der Waals surface area (Å²) in [6.45, 7) is 3.85. The van der Waals surface area contributed by atoms with E-state index < -0.39 is 0 Å². The summed E-state index contributed by atoms with van der Waals surface area (Å²) in [5.74, 6) is 2.24. The molecule has 8 heteroatoms. The zero-order valence-electron chi connectivity index (χ0n) is 16.5. The van der Waals surface area contributed by atoms with Crippen molar-refractivity contribution in [3.05, 3.63) is 66.6 Å². The van der Waals surface area contributed by atoms with Gasteiger partial charge in [0.15, 0.2) is 0 Å². The number of nitrogens with zero attached hydrogens (tertiary/aromatic N) is 5. The lowest BCUT2D eigenvalue weighted by Crippen LogP contribution is -2.16. The monoisotopic (exact) mass is 399 g/mol. The number of rotatable bonds is 8. The van der Waals surface area contributed by atoms with E-state index in [2.05, 4.69) is 26.7 Å². The molecular formula is C22H21N7O. The lowest BCUT2D eigenvalue weighted by atomic mass is 10.1. The standard InChI is InChI=1S/C22H21N7O/c1-2-30-18-5-3-4-17(12-18)19-13-21-25-10-11-29(21)22(28-19)26-9-8-24-20-7-6-16(14-23)15-27-20/h3-7,10-13,15H,2,8-9H2,1H3,(H,24,27)(H,26,28). The molecule has 0 saturated carbocycles. The second-order valence-corrected chi connectivity index (χ2v) is 6.48. The van der Waals surface area contributed by atoms with Crippen molar-refractivity contribution in [2.24, 2.45) is 0 Å². The van der Waals surface area contributed by atoms with E-state index in [-0.39, 0.29) is 0 Å². The van der Waals surface area contributed by atoms with Gasteiger partial charge in [-0.2, -0.15) is 5.26 Å². The van der Waals surface area contributed by atoms with E-state index in [0.717, 1.165) is 28.5 Å². The molecule has 0 saturated heterocycles. The van der Waals surface area contributed by atoms with Crippen molar-refractivity contribution in [2.45, 2.75) is 6.92 Å². The molecule has 0 amide bonds. The number of anilines is 2. The molecule has 0 aliphatic rings. The quantitative estimate of drug-likeness (QED) is 0.437. The molecular weight excluding hydrogens is 378 g/mol. The van der Waals surface area contributed by atoms with Crippen LogP contribution in [0, 0.1) is 11.3 Å². The molecule has 0 unspecified atom stereocenters. The first kappa shape index (κ1) is 19.2. The average molecular weight is 399 g/mol. The van der Waals surface area contributed by atoms with Gasteiger partial charge in [0.1, 0.15) is 23.3 Å². The summed E-state index contributed by atoms with van der Waals surface area (Å²) in [6, 6.07) is 15.4. The molecule has 0 atom stereocenters. The van der Waals surface area contributed by atoms with E-state index in [9.17, 15) is 0 Å². The Balaban J connectivity index is 1.48. The molecule has 0 radical (unpaired) electrons. The number of fused-ring (bicyclic) bond motifs is 1. The number of nitriles is 1. The highest BCUT2D eigenvalue weighted by Crippen LogP contribution is 2.25. The van der Waals surface area contributed by atoms with Crippen LogP contribution in [0.5, 0.6) is 5.75 Å². The number of benzene rings is 1. The molecule has 150 valence electrons. The van der Waals surface area contributed by atoms with Gasteiger partial charge >= 0.3 is 0 Å². The molecule has 4 aromatic rings. The molecule has 0 fully saturated rings. The van der Waals surface area contributed by atoms with E-state index in [0.29, 0.717) is 31.2 Å². The Bertz CT molecular complexity index is 1180. The summed E-state index contributed by atoms with van der Waals surface area (Å²) in [5, 5.41) is 15.4. The Hall–Kier alpha value is -4.12. The van der Waals surface area contributed by atoms with Gasteiger partial charge in [-0.25, -0.2) is 15.0 Å². The van der Waals surface area contributed by atoms with Crippen LogP contribution in [0.15, 0.2) is 61.1 Å². The molecule has 0 aliphatic heterocycles. The van der Waals surface area contributed by atoms with E-state index >= 15 is 0 Å². The van der Waals surface area contributed by atoms with E-state index in [1.165, 1.54) is 0 Å². The van der Waals surface area contributed by atoms with Crippen LogP contribution in [0.4, 0.5) is 11.8 Å². The average Bonchev–Trinajstić information content (AvgIpc) is 3.26. The first-order chi connectivity index (χ1) is 14.8. The number of nitrogens with one attached hydrogen (secondary N) is 2. The van der Waals surface area contributed by atoms with Gasteiger partial charge in [0.25, 0.3) is 0 Å². The van der Waals surface area contributed by atoms with Crippen molar-refractivity contribution in [2.75, 3.05) is 30.3 Å². The molecule has 30 heavy (non-hydrogen) atoms. The minimum Gasteiger partial charge on any atom is -0.494 e. The van der Waals surface area contributed by atoms with Crippen LogP contribution in [0.3, 0.4) is 0 Å². The third kappa shape index (κ3) is 4.31.